The van der Waals surface area contributed by atoms with Gasteiger partial charge in [0.1, 0.15) is 5.76 Å². The van der Waals surface area contributed by atoms with Crippen LogP contribution in [0.2, 0.25) is 0 Å². The first-order chi connectivity index (χ1) is 7.63. The van der Waals surface area contributed by atoms with Gasteiger partial charge >= 0.3 is 0 Å². The van der Waals surface area contributed by atoms with Crippen LogP contribution in [0.1, 0.15) is 29.9 Å². The molecule has 0 spiro atoms. The van der Waals surface area contributed by atoms with Crippen molar-refractivity contribution in [2.24, 2.45) is 11.7 Å². The highest BCUT2D eigenvalue weighted by Gasteiger charge is 2.33. The van der Waals surface area contributed by atoms with Crippen molar-refractivity contribution in [1.29, 1.82) is 0 Å². The summed E-state index contributed by atoms with van der Waals surface area (Å²) < 4.78 is 5.18. The Morgan fingerprint density at radius 3 is 2.62 bits per heavy atom. The molecule has 0 aliphatic heterocycles. The Labute approximate surface area is 96.8 Å². The van der Waals surface area contributed by atoms with E-state index in [-0.39, 0.29) is 0 Å². The summed E-state index contributed by atoms with van der Waals surface area (Å²) in [5.41, 5.74) is 8.04. The molecular formula is C12H21N3O. The highest BCUT2D eigenvalue weighted by Crippen LogP contribution is 2.35. The third kappa shape index (κ3) is 2.28. The lowest BCUT2D eigenvalue weighted by atomic mass is 10.1. The maximum Gasteiger partial charge on any atom is 0.138 e. The Morgan fingerprint density at radius 2 is 2.19 bits per heavy atom. The molecule has 4 nitrogen and oxygen atoms in total. The molecule has 1 aliphatic carbocycles. The molecule has 16 heavy (non-hydrogen) atoms. The summed E-state index contributed by atoms with van der Waals surface area (Å²) in [5, 5.41) is 3.98. The Bertz CT molecular complexity index is 338. The van der Waals surface area contributed by atoms with Gasteiger partial charge in [0.15, 0.2) is 0 Å². The SMILES string of the molecule is Cc1noc(C)c1CN(C)C(CN)C1CC1. The molecule has 4 heteroatoms. The number of nitrogens with zero attached hydrogens (tertiary/aromatic N) is 2. The first-order valence-corrected chi connectivity index (χ1v) is 5.95. The molecule has 0 bridgehead atoms. The summed E-state index contributed by atoms with van der Waals surface area (Å²) in [6, 6.07) is 0.508. The maximum atomic E-state index is 5.84. The van der Waals surface area contributed by atoms with Crippen LogP contribution in [0.15, 0.2) is 4.52 Å². The number of nitrogens with two attached hydrogens (primary N) is 1. The number of likely N-dealkylation sites (N-methyl/N-ethyl adjacent to an activating group) is 1. The van der Waals surface area contributed by atoms with Crippen molar-refractivity contribution in [2.75, 3.05) is 13.6 Å². The van der Waals surface area contributed by atoms with Crippen LogP contribution < -0.4 is 5.73 Å². The fraction of sp³-hybridized carbons (Fsp3) is 0.750. The molecule has 1 heterocycles. The second-order valence-corrected chi connectivity index (χ2v) is 4.86. The number of hydrogen-bond donors (Lipinski definition) is 1. The molecule has 0 saturated heterocycles. The van der Waals surface area contributed by atoms with E-state index in [1.807, 2.05) is 13.8 Å². The van der Waals surface area contributed by atoms with Crippen LogP contribution in [0.5, 0.6) is 0 Å². The van der Waals surface area contributed by atoms with E-state index in [2.05, 4.69) is 17.1 Å². The van der Waals surface area contributed by atoms with E-state index in [9.17, 15) is 0 Å². The van der Waals surface area contributed by atoms with Crippen molar-refractivity contribution in [3.8, 4) is 0 Å². The average Bonchev–Trinajstić information content (AvgIpc) is 3.02. The zero-order chi connectivity index (χ0) is 11.7. The van der Waals surface area contributed by atoms with Crippen LogP contribution in [-0.2, 0) is 6.54 Å². The molecule has 1 atom stereocenters. The Kier molecular flexibility index (Phi) is 3.30. The summed E-state index contributed by atoms with van der Waals surface area (Å²) in [4.78, 5) is 2.34. The monoisotopic (exact) mass is 223 g/mol. The van der Waals surface area contributed by atoms with Crippen LogP contribution >= 0.6 is 0 Å². The molecule has 0 amide bonds. The normalized spacial score (nSPS) is 18.1. The first-order valence-electron chi connectivity index (χ1n) is 5.95. The minimum Gasteiger partial charge on any atom is -0.361 e. The van der Waals surface area contributed by atoms with Gasteiger partial charge < -0.3 is 10.3 Å². The molecule has 90 valence electrons. The number of hydrogen-bond acceptors (Lipinski definition) is 4. The smallest absolute Gasteiger partial charge is 0.138 e. The zero-order valence-corrected chi connectivity index (χ0v) is 10.4. The molecular weight excluding hydrogens is 202 g/mol. The van der Waals surface area contributed by atoms with E-state index < -0.39 is 0 Å². The van der Waals surface area contributed by atoms with E-state index >= 15 is 0 Å². The minimum atomic E-state index is 0.508. The van der Waals surface area contributed by atoms with Crippen LogP contribution in [0.25, 0.3) is 0 Å². The minimum absolute atomic E-state index is 0.508. The molecule has 0 aromatic carbocycles. The lowest BCUT2D eigenvalue weighted by molar-refractivity contribution is 0.214. The quantitative estimate of drug-likeness (QED) is 0.821. The lowest BCUT2D eigenvalue weighted by Gasteiger charge is -2.26. The van der Waals surface area contributed by atoms with Gasteiger partial charge in [0.2, 0.25) is 0 Å². The van der Waals surface area contributed by atoms with Crippen LogP contribution in [0.4, 0.5) is 0 Å². The molecule has 2 rings (SSSR count). The van der Waals surface area contributed by atoms with Gasteiger partial charge in [-0.15, -0.1) is 0 Å². The maximum absolute atomic E-state index is 5.84. The van der Waals surface area contributed by atoms with E-state index in [0.29, 0.717) is 6.04 Å². The van der Waals surface area contributed by atoms with Crippen molar-refractivity contribution in [3.05, 3.63) is 17.0 Å². The molecule has 1 aromatic rings. The lowest BCUT2D eigenvalue weighted by Crippen LogP contribution is -2.39. The fourth-order valence-corrected chi connectivity index (χ4v) is 2.31. The van der Waals surface area contributed by atoms with E-state index in [1.165, 1.54) is 18.4 Å². The Balaban J connectivity index is 2.03. The summed E-state index contributed by atoms with van der Waals surface area (Å²) in [6.45, 7) is 5.59. The van der Waals surface area contributed by atoms with Gasteiger partial charge in [-0.25, -0.2) is 0 Å². The number of rotatable bonds is 5. The fourth-order valence-electron chi connectivity index (χ4n) is 2.31. The predicted molar refractivity (Wildman–Crippen MR) is 63.0 cm³/mol. The predicted octanol–water partition coefficient (Wildman–Crippen LogP) is 1.46. The largest absolute Gasteiger partial charge is 0.361 e. The van der Waals surface area contributed by atoms with Crippen LogP contribution in [0.3, 0.4) is 0 Å². The third-order valence-corrected chi connectivity index (χ3v) is 3.56. The summed E-state index contributed by atoms with van der Waals surface area (Å²) in [5.74, 6) is 1.73. The molecule has 1 unspecified atom stereocenters. The molecule has 1 aromatic heterocycles. The van der Waals surface area contributed by atoms with Crippen molar-refractivity contribution in [3.63, 3.8) is 0 Å². The van der Waals surface area contributed by atoms with Gasteiger partial charge in [0.05, 0.1) is 5.69 Å². The van der Waals surface area contributed by atoms with E-state index in [4.69, 9.17) is 10.3 Å². The highest BCUT2D eigenvalue weighted by atomic mass is 16.5. The standard InChI is InChI=1S/C12H21N3O/c1-8-11(9(2)16-14-8)7-15(3)12(6-13)10-4-5-10/h10,12H,4-7,13H2,1-3H3. The Hall–Kier alpha value is -0.870. The molecule has 0 radical (unpaired) electrons. The van der Waals surface area contributed by atoms with Crippen LogP contribution in [0, 0.1) is 19.8 Å². The van der Waals surface area contributed by atoms with Crippen molar-refractivity contribution >= 4 is 0 Å². The van der Waals surface area contributed by atoms with E-state index in [0.717, 1.165) is 30.5 Å². The van der Waals surface area contributed by atoms with Crippen LogP contribution in [-0.4, -0.2) is 29.7 Å². The van der Waals surface area contributed by atoms with Crippen molar-refractivity contribution < 1.29 is 4.52 Å². The molecule has 1 fully saturated rings. The van der Waals surface area contributed by atoms with Gasteiger partial charge in [-0.2, -0.15) is 0 Å². The molecule has 1 saturated carbocycles. The molecule has 2 N–H and O–H groups in total. The van der Waals surface area contributed by atoms with Crippen molar-refractivity contribution in [2.45, 2.75) is 39.3 Å². The number of aryl methyl sites for hydroxylation is 2. The second-order valence-electron chi connectivity index (χ2n) is 4.86. The topological polar surface area (TPSA) is 55.3 Å². The second kappa shape index (κ2) is 4.55. The summed E-state index contributed by atoms with van der Waals surface area (Å²) >= 11 is 0. The Morgan fingerprint density at radius 1 is 1.50 bits per heavy atom. The van der Waals surface area contributed by atoms with Gasteiger partial charge in [-0.3, -0.25) is 4.90 Å². The number of aromatic nitrogens is 1. The summed E-state index contributed by atoms with van der Waals surface area (Å²) in [7, 11) is 2.14. The summed E-state index contributed by atoms with van der Waals surface area (Å²) in [6.07, 6.45) is 2.65. The first kappa shape index (κ1) is 11.6. The van der Waals surface area contributed by atoms with Gasteiger partial charge in [0.25, 0.3) is 0 Å². The van der Waals surface area contributed by atoms with Gasteiger partial charge in [-0.1, -0.05) is 5.16 Å². The highest BCUT2D eigenvalue weighted by molar-refractivity contribution is 5.20. The third-order valence-electron chi connectivity index (χ3n) is 3.56. The zero-order valence-electron chi connectivity index (χ0n) is 10.4. The molecule has 1 aliphatic rings. The van der Waals surface area contributed by atoms with Crippen molar-refractivity contribution in [1.82, 2.24) is 10.1 Å². The average molecular weight is 223 g/mol. The van der Waals surface area contributed by atoms with Gasteiger partial charge in [-0.05, 0) is 39.7 Å². The van der Waals surface area contributed by atoms with Gasteiger partial charge in [0, 0.05) is 24.7 Å². The van der Waals surface area contributed by atoms with E-state index in [1.54, 1.807) is 0 Å².